The number of esters is 1. The van der Waals surface area contributed by atoms with Crippen molar-refractivity contribution in [1.82, 2.24) is 4.98 Å². The van der Waals surface area contributed by atoms with E-state index in [9.17, 15) is 4.79 Å². The van der Waals surface area contributed by atoms with Gasteiger partial charge in [0.25, 0.3) is 0 Å². The maximum Gasteiger partial charge on any atom is 0.339 e. The number of carbonyl (C=O) groups is 1. The lowest BCUT2D eigenvalue weighted by Crippen LogP contribution is -2.04. The number of hydrogen-bond acceptors (Lipinski definition) is 4. The van der Waals surface area contributed by atoms with Gasteiger partial charge in [-0.2, -0.15) is 5.26 Å². The smallest absolute Gasteiger partial charge is 0.339 e. The third-order valence-corrected chi connectivity index (χ3v) is 1.60. The summed E-state index contributed by atoms with van der Waals surface area (Å²) in [6.07, 6.45) is 1.23. The minimum absolute atomic E-state index is 0.130. The highest BCUT2D eigenvalue weighted by molar-refractivity contribution is 6.29. The van der Waals surface area contributed by atoms with Crippen LogP contribution < -0.4 is 0 Å². The summed E-state index contributed by atoms with van der Waals surface area (Å²) in [6, 6.07) is 3.11. The zero-order valence-electron chi connectivity index (χ0n) is 6.74. The van der Waals surface area contributed by atoms with Crippen LogP contribution in [0, 0.1) is 11.3 Å². The molecule has 0 aliphatic rings. The minimum Gasteiger partial charge on any atom is -0.465 e. The molecule has 0 amide bonds. The Morgan fingerprint density at radius 1 is 1.77 bits per heavy atom. The summed E-state index contributed by atoms with van der Waals surface area (Å²) in [5.74, 6) is -0.596. The van der Waals surface area contributed by atoms with Gasteiger partial charge in [-0.05, 0) is 6.07 Å². The van der Waals surface area contributed by atoms with Crippen molar-refractivity contribution in [2.75, 3.05) is 7.11 Å². The zero-order valence-corrected chi connectivity index (χ0v) is 7.50. The highest BCUT2D eigenvalue weighted by atomic mass is 35.5. The zero-order chi connectivity index (χ0) is 9.84. The number of rotatable bonds is 1. The Bertz CT molecular complexity index is 384. The molecular formula is C8H5ClN2O2. The molecule has 1 aromatic heterocycles. The summed E-state index contributed by atoms with van der Waals surface area (Å²) in [5, 5.41) is 8.77. The van der Waals surface area contributed by atoms with Crippen LogP contribution >= 0.6 is 11.6 Å². The number of hydrogen-bond donors (Lipinski definition) is 0. The molecule has 0 bridgehead atoms. The average Bonchev–Trinajstić information content (AvgIpc) is 2.16. The van der Waals surface area contributed by atoms with E-state index in [1.54, 1.807) is 0 Å². The summed E-state index contributed by atoms with van der Waals surface area (Å²) < 4.78 is 4.46. The standard InChI is InChI=1S/C8H5ClN2O2/c1-13-8(12)6-2-7(9)11-4-5(6)3-10/h2,4H,1H3. The first-order valence-corrected chi connectivity index (χ1v) is 3.70. The molecule has 0 fully saturated rings. The molecule has 0 aliphatic heterocycles. The Morgan fingerprint density at radius 3 is 3.00 bits per heavy atom. The second-order valence-corrected chi connectivity index (χ2v) is 2.54. The van der Waals surface area contributed by atoms with Crippen LogP contribution in [0.1, 0.15) is 15.9 Å². The first-order chi connectivity index (χ1) is 6.19. The van der Waals surface area contributed by atoms with Crippen LogP contribution in [-0.2, 0) is 4.74 Å². The number of methoxy groups -OCH3 is 1. The fourth-order valence-corrected chi connectivity index (χ4v) is 0.956. The van der Waals surface area contributed by atoms with Gasteiger partial charge in [-0.1, -0.05) is 11.6 Å². The van der Waals surface area contributed by atoms with Crippen LogP contribution in [0.3, 0.4) is 0 Å². The molecule has 13 heavy (non-hydrogen) atoms. The summed E-state index contributed by atoms with van der Waals surface area (Å²) in [4.78, 5) is 14.7. The Kier molecular flexibility index (Phi) is 2.83. The fourth-order valence-electron chi connectivity index (χ4n) is 0.798. The lowest BCUT2D eigenvalue weighted by atomic mass is 10.1. The monoisotopic (exact) mass is 196 g/mol. The van der Waals surface area contributed by atoms with Gasteiger partial charge < -0.3 is 4.74 Å². The fraction of sp³-hybridized carbons (Fsp3) is 0.125. The predicted molar refractivity (Wildman–Crippen MR) is 45.3 cm³/mol. The van der Waals surface area contributed by atoms with E-state index in [4.69, 9.17) is 16.9 Å². The first kappa shape index (κ1) is 9.49. The van der Waals surface area contributed by atoms with E-state index >= 15 is 0 Å². The highest BCUT2D eigenvalue weighted by Gasteiger charge is 2.12. The van der Waals surface area contributed by atoms with Crippen molar-refractivity contribution in [2.45, 2.75) is 0 Å². The van der Waals surface area contributed by atoms with Crippen molar-refractivity contribution < 1.29 is 9.53 Å². The molecule has 0 atom stereocenters. The highest BCUT2D eigenvalue weighted by Crippen LogP contribution is 2.13. The molecule has 0 aromatic carbocycles. The second kappa shape index (κ2) is 3.87. The SMILES string of the molecule is COC(=O)c1cc(Cl)ncc1C#N. The Labute approximate surface area is 79.7 Å². The number of pyridine rings is 1. The molecule has 1 heterocycles. The van der Waals surface area contributed by atoms with Gasteiger partial charge in [0.05, 0.1) is 18.2 Å². The molecule has 4 nitrogen and oxygen atoms in total. The van der Waals surface area contributed by atoms with Gasteiger partial charge in [0.2, 0.25) is 0 Å². The lowest BCUT2D eigenvalue weighted by molar-refractivity contribution is 0.0600. The van der Waals surface area contributed by atoms with Gasteiger partial charge in [0.15, 0.2) is 0 Å². The number of nitriles is 1. The maximum absolute atomic E-state index is 11.1. The van der Waals surface area contributed by atoms with Crippen LogP contribution in [-0.4, -0.2) is 18.1 Å². The van der Waals surface area contributed by atoms with Crippen molar-refractivity contribution >= 4 is 17.6 Å². The van der Waals surface area contributed by atoms with Crippen LogP contribution in [0.25, 0.3) is 0 Å². The largest absolute Gasteiger partial charge is 0.465 e. The van der Waals surface area contributed by atoms with Crippen molar-refractivity contribution in [2.24, 2.45) is 0 Å². The molecule has 0 aliphatic carbocycles. The quantitative estimate of drug-likeness (QED) is 0.503. The normalized spacial score (nSPS) is 9.00. The van der Waals surface area contributed by atoms with E-state index in [1.807, 2.05) is 6.07 Å². The van der Waals surface area contributed by atoms with E-state index in [0.29, 0.717) is 0 Å². The molecule has 1 rings (SSSR count). The van der Waals surface area contributed by atoms with Crippen LogP contribution in [0.5, 0.6) is 0 Å². The molecule has 1 aromatic rings. The predicted octanol–water partition coefficient (Wildman–Crippen LogP) is 1.39. The summed E-state index contributed by atoms with van der Waals surface area (Å²) >= 11 is 5.55. The third kappa shape index (κ3) is 1.95. The molecule has 0 saturated heterocycles. The molecule has 0 N–H and O–H groups in total. The number of aromatic nitrogens is 1. The second-order valence-electron chi connectivity index (χ2n) is 2.16. The van der Waals surface area contributed by atoms with E-state index in [1.165, 1.54) is 19.4 Å². The number of nitrogens with zero attached hydrogens (tertiary/aromatic N) is 2. The van der Waals surface area contributed by atoms with E-state index in [-0.39, 0.29) is 16.3 Å². The van der Waals surface area contributed by atoms with Crippen LogP contribution in [0.15, 0.2) is 12.3 Å². The Balaban J connectivity index is 3.25. The minimum atomic E-state index is -0.596. The third-order valence-electron chi connectivity index (χ3n) is 1.40. The van der Waals surface area contributed by atoms with Gasteiger partial charge in [-0.25, -0.2) is 9.78 Å². The number of halogens is 1. The Hall–Kier alpha value is -1.60. The molecule has 0 saturated carbocycles. The number of carbonyl (C=O) groups excluding carboxylic acids is 1. The van der Waals surface area contributed by atoms with Crippen molar-refractivity contribution in [3.63, 3.8) is 0 Å². The van der Waals surface area contributed by atoms with Crippen LogP contribution in [0.4, 0.5) is 0 Å². The van der Waals surface area contributed by atoms with Crippen LogP contribution in [0.2, 0.25) is 5.15 Å². The molecule has 0 unspecified atom stereocenters. The summed E-state index contributed by atoms with van der Waals surface area (Å²) in [5.41, 5.74) is 0.279. The van der Waals surface area contributed by atoms with Gasteiger partial charge in [-0.15, -0.1) is 0 Å². The Morgan fingerprint density at radius 2 is 2.46 bits per heavy atom. The van der Waals surface area contributed by atoms with Gasteiger partial charge in [0.1, 0.15) is 11.2 Å². The van der Waals surface area contributed by atoms with Gasteiger partial charge in [0, 0.05) is 6.20 Å². The molecule has 0 spiro atoms. The summed E-state index contributed by atoms with van der Waals surface area (Å²) in [7, 11) is 1.23. The van der Waals surface area contributed by atoms with Crippen molar-refractivity contribution in [1.29, 1.82) is 5.26 Å². The van der Waals surface area contributed by atoms with Crippen molar-refractivity contribution in [3.05, 3.63) is 28.5 Å². The van der Waals surface area contributed by atoms with E-state index in [0.717, 1.165) is 0 Å². The average molecular weight is 197 g/mol. The van der Waals surface area contributed by atoms with Crippen molar-refractivity contribution in [3.8, 4) is 6.07 Å². The summed E-state index contributed by atoms with van der Waals surface area (Å²) in [6.45, 7) is 0. The molecule has 0 radical (unpaired) electrons. The first-order valence-electron chi connectivity index (χ1n) is 3.33. The molecular weight excluding hydrogens is 192 g/mol. The topological polar surface area (TPSA) is 63.0 Å². The van der Waals surface area contributed by atoms with E-state index in [2.05, 4.69) is 9.72 Å². The molecule has 66 valence electrons. The van der Waals surface area contributed by atoms with Gasteiger partial charge in [-0.3, -0.25) is 0 Å². The molecule has 5 heteroatoms. The maximum atomic E-state index is 11.1. The van der Waals surface area contributed by atoms with E-state index < -0.39 is 5.97 Å². The number of ether oxygens (including phenoxy) is 1. The lowest BCUT2D eigenvalue weighted by Gasteiger charge is -2.00. The van der Waals surface area contributed by atoms with Gasteiger partial charge >= 0.3 is 5.97 Å².